The monoisotopic (exact) mass is 410 g/mol. The quantitative estimate of drug-likeness (QED) is 0.734. The van der Waals surface area contributed by atoms with Crippen molar-refractivity contribution >= 4 is 50.1 Å². The molecule has 1 atom stereocenters. The summed E-state index contributed by atoms with van der Waals surface area (Å²) >= 11 is 5.61. The van der Waals surface area contributed by atoms with E-state index < -0.39 is 6.04 Å². The molecule has 0 fully saturated rings. The zero-order valence-electron chi connectivity index (χ0n) is 10.1. The van der Waals surface area contributed by atoms with Crippen LogP contribution < -0.4 is 11.1 Å². The number of benzene rings is 1. The van der Waals surface area contributed by atoms with Crippen LogP contribution in [0.2, 0.25) is 0 Å². The molecular weight excluding hydrogens is 395 g/mol. The summed E-state index contributed by atoms with van der Waals surface area (Å²) in [6.45, 7) is 5.84. The SMILES string of the molecule is CC(C)(C)[C@@H](N)C(=O)Nc1ccc(Br)c(I)c1. The van der Waals surface area contributed by atoms with Crippen molar-refractivity contribution in [1.82, 2.24) is 0 Å². The highest BCUT2D eigenvalue weighted by Gasteiger charge is 2.27. The van der Waals surface area contributed by atoms with E-state index in [-0.39, 0.29) is 11.3 Å². The summed E-state index contributed by atoms with van der Waals surface area (Å²) < 4.78 is 2.06. The fraction of sp³-hybridized carbons (Fsp3) is 0.417. The average Bonchev–Trinajstić information content (AvgIpc) is 2.21. The highest BCUT2D eigenvalue weighted by Crippen LogP contribution is 2.24. The maximum Gasteiger partial charge on any atom is 0.241 e. The van der Waals surface area contributed by atoms with Crippen LogP contribution in [0.5, 0.6) is 0 Å². The highest BCUT2D eigenvalue weighted by molar-refractivity contribution is 14.1. The van der Waals surface area contributed by atoms with E-state index >= 15 is 0 Å². The summed E-state index contributed by atoms with van der Waals surface area (Å²) in [5.74, 6) is -0.157. The van der Waals surface area contributed by atoms with E-state index in [1.165, 1.54) is 0 Å². The number of nitrogens with two attached hydrogens (primary N) is 1. The molecule has 1 rings (SSSR count). The molecule has 0 bridgehead atoms. The third-order valence-corrected chi connectivity index (χ3v) is 4.73. The number of carbonyl (C=O) groups is 1. The molecule has 0 spiro atoms. The van der Waals surface area contributed by atoms with E-state index in [0.717, 1.165) is 13.7 Å². The molecule has 17 heavy (non-hydrogen) atoms. The summed E-state index contributed by atoms with van der Waals surface area (Å²) in [7, 11) is 0. The first-order chi connectivity index (χ1) is 7.71. The lowest BCUT2D eigenvalue weighted by atomic mass is 9.87. The molecule has 0 aliphatic carbocycles. The standard InChI is InChI=1S/C12H16BrIN2O/c1-12(2,3)10(15)11(17)16-7-4-5-8(13)9(14)6-7/h4-6,10H,15H2,1-3H3,(H,16,17)/t10-/m0/s1. The van der Waals surface area contributed by atoms with Gasteiger partial charge in [0.15, 0.2) is 0 Å². The van der Waals surface area contributed by atoms with Gasteiger partial charge in [-0.25, -0.2) is 0 Å². The summed E-state index contributed by atoms with van der Waals surface area (Å²) in [6, 6.07) is 5.13. The van der Waals surface area contributed by atoms with Crippen molar-refractivity contribution in [2.24, 2.45) is 11.1 Å². The van der Waals surface area contributed by atoms with Gasteiger partial charge >= 0.3 is 0 Å². The molecule has 3 N–H and O–H groups in total. The molecule has 3 nitrogen and oxygen atoms in total. The first-order valence-electron chi connectivity index (χ1n) is 5.23. The van der Waals surface area contributed by atoms with Gasteiger partial charge in [-0.3, -0.25) is 4.79 Å². The summed E-state index contributed by atoms with van der Waals surface area (Å²) in [6.07, 6.45) is 0. The molecule has 94 valence electrons. The maximum atomic E-state index is 11.9. The lowest BCUT2D eigenvalue weighted by Gasteiger charge is -2.25. The van der Waals surface area contributed by atoms with Crippen molar-refractivity contribution in [2.45, 2.75) is 26.8 Å². The van der Waals surface area contributed by atoms with Crippen LogP contribution >= 0.6 is 38.5 Å². The predicted octanol–water partition coefficient (Wildman–Crippen LogP) is 3.37. The molecule has 5 heteroatoms. The molecule has 0 unspecified atom stereocenters. The number of hydrogen-bond acceptors (Lipinski definition) is 2. The minimum Gasteiger partial charge on any atom is -0.325 e. The number of anilines is 1. The molecule has 0 saturated heterocycles. The largest absolute Gasteiger partial charge is 0.325 e. The second kappa shape index (κ2) is 5.67. The topological polar surface area (TPSA) is 55.1 Å². The molecule has 1 amide bonds. The van der Waals surface area contributed by atoms with Crippen LogP contribution in [-0.2, 0) is 4.79 Å². The minimum absolute atomic E-state index is 0.157. The van der Waals surface area contributed by atoms with Gasteiger partial charge in [-0.15, -0.1) is 0 Å². The molecule has 0 aromatic heterocycles. The fourth-order valence-corrected chi connectivity index (χ4v) is 1.95. The van der Waals surface area contributed by atoms with Gasteiger partial charge in [0, 0.05) is 13.7 Å². The van der Waals surface area contributed by atoms with Crippen molar-refractivity contribution in [2.75, 3.05) is 5.32 Å². The number of hydrogen-bond donors (Lipinski definition) is 2. The number of amides is 1. The van der Waals surface area contributed by atoms with E-state index in [2.05, 4.69) is 43.8 Å². The second-order valence-electron chi connectivity index (χ2n) is 4.96. The number of halogens is 2. The lowest BCUT2D eigenvalue weighted by Crippen LogP contribution is -2.45. The number of rotatable bonds is 2. The van der Waals surface area contributed by atoms with Gasteiger partial charge in [0.25, 0.3) is 0 Å². The summed E-state index contributed by atoms with van der Waals surface area (Å²) in [4.78, 5) is 11.9. The first-order valence-corrected chi connectivity index (χ1v) is 7.10. The molecule has 0 aliphatic rings. The predicted molar refractivity (Wildman–Crippen MR) is 82.9 cm³/mol. The zero-order valence-corrected chi connectivity index (χ0v) is 13.8. The average molecular weight is 411 g/mol. The smallest absolute Gasteiger partial charge is 0.241 e. The Kier molecular flexibility index (Phi) is 4.97. The summed E-state index contributed by atoms with van der Waals surface area (Å²) in [5, 5.41) is 2.83. The molecule has 0 radical (unpaired) electrons. The van der Waals surface area contributed by atoms with Crippen molar-refractivity contribution in [3.63, 3.8) is 0 Å². The van der Waals surface area contributed by atoms with Gasteiger partial charge < -0.3 is 11.1 Å². The van der Waals surface area contributed by atoms with Crippen LogP contribution in [0.25, 0.3) is 0 Å². The molecule has 1 aromatic carbocycles. The Balaban J connectivity index is 2.78. The fourth-order valence-electron chi connectivity index (χ4n) is 1.19. The van der Waals surface area contributed by atoms with E-state index in [0.29, 0.717) is 0 Å². The van der Waals surface area contributed by atoms with Crippen LogP contribution in [0.3, 0.4) is 0 Å². The molecule has 0 aliphatic heterocycles. The minimum atomic E-state index is -0.524. The van der Waals surface area contributed by atoms with Crippen molar-refractivity contribution in [1.29, 1.82) is 0 Å². The third kappa shape index (κ3) is 4.22. The maximum absolute atomic E-state index is 11.9. The van der Waals surface area contributed by atoms with Crippen molar-refractivity contribution < 1.29 is 4.79 Å². The lowest BCUT2D eigenvalue weighted by molar-refractivity contribution is -0.119. The first kappa shape index (κ1) is 14.9. The Morgan fingerprint density at radius 1 is 1.47 bits per heavy atom. The molecule has 1 aromatic rings. The Bertz CT molecular complexity index is 429. The molecular formula is C12H16BrIN2O. The number of carbonyl (C=O) groups excluding carboxylic acids is 1. The Morgan fingerprint density at radius 2 is 2.06 bits per heavy atom. The van der Waals surface area contributed by atoms with Gasteiger partial charge in [0.05, 0.1) is 6.04 Å². The van der Waals surface area contributed by atoms with Crippen LogP contribution in [0, 0.1) is 8.99 Å². The van der Waals surface area contributed by atoms with E-state index in [1.54, 1.807) is 0 Å². The van der Waals surface area contributed by atoms with E-state index in [9.17, 15) is 4.79 Å². The third-order valence-electron chi connectivity index (χ3n) is 2.40. The molecule has 0 heterocycles. The van der Waals surface area contributed by atoms with Crippen LogP contribution in [0.15, 0.2) is 22.7 Å². The number of nitrogens with one attached hydrogen (secondary N) is 1. The Hall–Kier alpha value is -0.140. The van der Waals surface area contributed by atoms with Gasteiger partial charge in [-0.1, -0.05) is 20.8 Å². The van der Waals surface area contributed by atoms with Gasteiger partial charge in [0.1, 0.15) is 0 Å². The molecule has 0 saturated carbocycles. The Labute approximate surface area is 124 Å². The van der Waals surface area contributed by atoms with Crippen LogP contribution in [-0.4, -0.2) is 11.9 Å². The normalized spacial score (nSPS) is 13.3. The van der Waals surface area contributed by atoms with Gasteiger partial charge in [-0.2, -0.15) is 0 Å². The van der Waals surface area contributed by atoms with Crippen LogP contribution in [0.1, 0.15) is 20.8 Å². The van der Waals surface area contributed by atoms with Crippen molar-refractivity contribution in [3.8, 4) is 0 Å². The van der Waals surface area contributed by atoms with Crippen LogP contribution in [0.4, 0.5) is 5.69 Å². The second-order valence-corrected chi connectivity index (χ2v) is 6.98. The van der Waals surface area contributed by atoms with E-state index in [1.807, 2.05) is 39.0 Å². The van der Waals surface area contributed by atoms with E-state index in [4.69, 9.17) is 5.73 Å². The Morgan fingerprint density at radius 3 is 2.53 bits per heavy atom. The summed E-state index contributed by atoms with van der Waals surface area (Å²) in [5.41, 5.74) is 6.41. The van der Waals surface area contributed by atoms with Crippen molar-refractivity contribution in [3.05, 3.63) is 26.2 Å². The van der Waals surface area contributed by atoms with Gasteiger partial charge in [0.2, 0.25) is 5.91 Å². The highest BCUT2D eigenvalue weighted by atomic mass is 127. The zero-order chi connectivity index (χ0) is 13.2. The van der Waals surface area contributed by atoms with Gasteiger partial charge in [-0.05, 0) is 62.1 Å².